The average Bonchev–Trinajstić information content (AvgIpc) is 3.12. The van der Waals surface area contributed by atoms with E-state index < -0.39 is 0 Å². The second kappa shape index (κ2) is 10.9. The predicted octanol–water partition coefficient (Wildman–Crippen LogP) is 3.92. The molecule has 3 N–H and O–H groups in total. The topological polar surface area (TPSA) is 88.7 Å². The number of rotatable bonds is 7. The first-order chi connectivity index (χ1) is 16.6. The Morgan fingerprint density at radius 1 is 0.882 bits per heavy atom. The Morgan fingerprint density at radius 3 is 2.53 bits per heavy atom. The largest absolute Gasteiger partial charge is 0.493 e. The van der Waals surface area contributed by atoms with E-state index in [0.717, 1.165) is 37.2 Å². The number of aryl methyl sites for hydroxylation is 1. The Bertz CT molecular complexity index is 1190. The number of anilines is 1. The highest BCUT2D eigenvalue weighted by molar-refractivity contribution is 6.04. The molecule has 4 rings (SSSR count). The van der Waals surface area contributed by atoms with Gasteiger partial charge in [-0.2, -0.15) is 0 Å². The highest BCUT2D eigenvalue weighted by Crippen LogP contribution is 2.27. The molecule has 0 fully saturated rings. The molecular weight excluding hydrogens is 430 g/mol. The molecule has 1 aliphatic rings. The molecule has 34 heavy (non-hydrogen) atoms. The van der Waals surface area contributed by atoms with Crippen molar-refractivity contribution in [3.05, 3.63) is 88.5 Å². The number of amides is 2. The molecule has 0 saturated heterocycles. The van der Waals surface area contributed by atoms with Crippen LogP contribution in [0.4, 0.5) is 5.69 Å². The van der Waals surface area contributed by atoms with E-state index in [2.05, 4.69) is 22.0 Å². The zero-order chi connectivity index (χ0) is 23.9. The summed E-state index contributed by atoms with van der Waals surface area (Å²) >= 11 is 0. The van der Waals surface area contributed by atoms with Crippen LogP contribution in [0.5, 0.6) is 11.5 Å². The van der Waals surface area contributed by atoms with Crippen LogP contribution in [-0.4, -0.2) is 32.6 Å². The number of hydrogen-bond acceptors (Lipinski definition) is 5. The van der Waals surface area contributed by atoms with Gasteiger partial charge in [0.1, 0.15) is 0 Å². The molecule has 0 aromatic heterocycles. The number of carbonyl (C=O) groups is 2. The first-order valence-electron chi connectivity index (χ1n) is 11.3. The molecule has 176 valence electrons. The van der Waals surface area contributed by atoms with Crippen molar-refractivity contribution < 1.29 is 19.1 Å². The standard InChI is InChI=1S/C27H29N3O4/c1-33-24-11-9-21(15-25(24)34-2)26(31)29-16-18-5-3-6-20(13-18)27(32)30-23-10-8-19-7-4-12-28-17-22(19)14-23/h3,5-6,8-11,13-15,28H,4,7,12,16-17H2,1-2H3,(H,29,31)(H,30,32). The predicted molar refractivity (Wildman–Crippen MR) is 132 cm³/mol. The summed E-state index contributed by atoms with van der Waals surface area (Å²) in [5.74, 6) is 0.620. The fraction of sp³-hybridized carbons (Fsp3) is 0.259. The summed E-state index contributed by atoms with van der Waals surface area (Å²) in [6.07, 6.45) is 2.17. The van der Waals surface area contributed by atoms with Crippen LogP contribution in [0.1, 0.15) is 43.8 Å². The van der Waals surface area contributed by atoms with Crippen molar-refractivity contribution >= 4 is 17.5 Å². The van der Waals surface area contributed by atoms with Crippen LogP contribution in [0.2, 0.25) is 0 Å². The van der Waals surface area contributed by atoms with Crippen molar-refractivity contribution in [3.63, 3.8) is 0 Å². The molecular formula is C27H29N3O4. The highest BCUT2D eigenvalue weighted by Gasteiger charge is 2.13. The molecule has 3 aromatic carbocycles. The van der Waals surface area contributed by atoms with Crippen molar-refractivity contribution in [1.29, 1.82) is 0 Å². The van der Waals surface area contributed by atoms with Gasteiger partial charge in [0.15, 0.2) is 11.5 Å². The van der Waals surface area contributed by atoms with Crippen molar-refractivity contribution in [2.75, 3.05) is 26.1 Å². The third-order valence-corrected chi connectivity index (χ3v) is 5.87. The molecule has 0 bridgehead atoms. The van der Waals surface area contributed by atoms with Gasteiger partial charge in [0.25, 0.3) is 11.8 Å². The molecule has 0 spiro atoms. The van der Waals surface area contributed by atoms with E-state index in [-0.39, 0.29) is 11.8 Å². The summed E-state index contributed by atoms with van der Waals surface area (Å²) in [7, 11) is 3.07. The zero-order valence-electron chi connectivity index (χ0n) is 19.4. The summed E-state index contributed by atoms with van der Waals surface area (Å²) in [5.41, 5.74) is 5.15. The molecule has 0 saturated carbocycles. The fourth-order valence-corrected chi connectivity index (χ4v) is 4.03. The Kier molecular flexibility index (Phi) is 7.44. The van der Waals surface area contributed by atoms with Gasteiger partial charge in [0, 0.05) is 29.9 Å². The van der Waals surface area contributed by atoms with Gasteiger partial charge in [-0.25, -0.2) is 0 Å². The van der Waals surface area contributed by atoms with Gasteiger partial charge in [-0.15, -0.1) is 0 Å². The minimum absolute atomic E-state index is 0.186. The number of ether oxygens (including phenoxy) is 2. The number of methoxy groups -OCH3 is 2. The lowest BCUT2D eigenvalue weighted by Crippen LogP contribution is -2.23. The van der Waals surface area contributed by atoms with E-state index >= 15 is 0 Å². The molecule has 0 radical (unpaired) electrons. The lowest BCUT2D eigenvalue weighted by atomic mass is 10.0. The molecule has 1 aliphatic heterocycles. The molecule has 1 heterocycles. The lowest BCUT2D eigenvalue weighted by Gasteiger charge is -2.12. The quantitative estimate of drug-likeness (QED) is 0.498. The average molecular weight is 460 g/mol. The van der Waals surface area contributed by atoms with Crippen LogP contribution in [0.25, 0.3) is 0 Å². The third-order valence-electron chi connectivity index (χ3n) is 5.87. The van der Waals surface area contributed by atoms with Crippen molar-refractivity contribution in [1.82, 2.24) is 10.6 Å². The maximum absolute atomic E-state index is 12.9. The van der Waals surface area contributed by atoms with Crippen LogP contribution < -0.4 is 25.4 Å². The SMILES string of the molecule is COc1ccc(C(=O)NCc2cccc(C(=O)Nc3ccc4c(c3)CNCCC4)c2)cc1OC. The Balaban J connectivity index is 1.39. The zero-order valence-corrected chi connectivity index (χ0v) is 19.4. The van der Waals surface area contributed by atoms with Crippen LogP contribution in [0.3, 0.4) is 0 Å². The van der Waals surface area contributed by atoms with Gasteiger partial charge >= 0.3 is 0 Å². The molecule has 3 aromatic rings. The molecule has 0 unspecified atom stereocenters. The van der Waals surface area contributed by atoms with Crippen LogP contribution >= 0.6 is 0 Å². The minimum Gasteiger partial charge on any atom is -0.493 e. The van der Waals surface area contributed by atoms with Crippen LogP contribution in [0.15, 0.2) is 60.7 Å². The van der Waals surface area contributed by atoms with Crippen molar-refractivity contribution in [3.8, 4) is 11.5 Å². The number of carbonyl (C=O) groups excluding carboxylic acids is 2. The Morgan fingerprint density at radius 2 is 1.71 bits per heavy atom. The van der Waals surface area contributed by atoms with E-state index in [1.165, 1.54) is 18.2 Å². The van der Waals surface area contributed by atoms with Gasteiger partial charge < -0.3 is 25.4 Å². The second-order valence-electron chi connectivity index (χ2n) is 8.17. The molecule has 7 heteroatoms. The molecule has 2 amide bonds. The fourth-order valence-electron chi connectivity index (χ4n) is 4.03. The summed E-state index contributed by atoms with van der Waals surface area (Å²) in [5, 5.41) is 9.29. The molecule has 0 atom stereocenters. The summed E-state index contributed by atoms with van der Waals surface area (Å²) in [6, 6.07) is 18.3. The normalized spacial score (nSPS) is 12.8. The number of fused-ring (bicyclic) bond motifs is 1. The van der Waals surface area contributed by atoms with E-state index in [1.54, 1.807) is 37.4 Å². The van der Waals surface area contributed by atoms with Gasteiger partial charge in [0.2, 0.25) is 0 Å². The van der Waals surface area contributed by atoms with Gasteiger partial charge in [-0.05, 0) is 78.5 Å². The summed E-state index contributed by atoms with van der Waals surface area (Å²) in [6.45, 7) is 2.11. The third kappa shape index (κ3) is 5.55. The maximum atomic E-state index is 12.9. The minimum atomic E-state index is -0.241. The van der Waals surface area contributed by atoms with Crippen LogP contribution in [0, 0.1) is 0 Å². The smallest absolute Gasteiger partial charge is 0.255 e. The van der Waals surface area contributed by atoms with E-state index in [4.69, 9.17) is 9.47 Å². The Hall–Kier alpha value is -3.84. The summed E-state index contributed by atoms with van der Waals surface area (Å²) in [4.78, 5) is 25.4. The number of benzene rings is 3. The molecule has 0 aliphatic carbocycles. The number of hydrogen-bond donors (Lipinski definition) is 3. The van der Waals surface area contributed by atoms with E-state index in [0.29, 0.717) is 29.2 Å². The first-order valence-corrected chi connectivity index (χ1v) is 11.3. The Labute approximate surface area is 199 Å². The van der Waals surface area contributed by atoms with Gasteiger partial charge in [-0.1, -0.05) is 18.2 Å². The van der Waals surface area contributed by atoms with Crippen LogP contribution in [-0.2, 0) is 19.5 Å². The maximum Gasteiger partial charge on any atom is 0.255 e. The van der Waals surface area contributed by atoms with E-state index in [9.17, 15) is 9.59 Å². The van der Waals surface area contributed by atoms with Crippen molar-refractivity contribution in [2.45, 2.75) is 25.9 Å². The van der Waals surface area contributed by atoms with Gasteiger partial charge in [-0.3, -0.25) is 9.59 Å². The monoisotopic (exact) mass is 459 g/mol. The lowest BCUT2D eigenvalue weighted by molar-refractivity contribution is 0.0950. The van der Waals surface area contributed by atoms with E-state index in [1.807, 2.05) is 24.3 Å². The molecule has 7 nitrogen and oxygen atoms in total. The van der Waals surface area contributed by atoms with Gasteiger partial charge in [0.05, 0.1) is 14.2 Å². The highest BCUT2D eigenvalue weighted by atomic mass is 16.5. The number of nitrogens with one attached hydrogen (secondary N) is 3. The summed E-state index contributed by atoms with van der Waals surface area (Å²) < 4.78 is 10.5. The first kappa shape index (κ1) is 23.3. The second-order valence-corrected chi connectivity index (χ2v) is 8.17. The van der Waals surface area contributed by atoms with Crippen molar-refractivity contribution in [2.24, 2.45) is 0 Å².